The van der Waals surface area contributed by atoms with Crippen LogP contribution in [-0.2, 0) is 4.79 Å². The lowest BCUT2D eigenvalue weighted by atomic mass is 10.0. The minimum Gasteiger partial charge on any atom is -0.493 e. The normalized spacial score (nSPS) is 16.0. The van der Waals surface area contributed by atoms with Gasteiger partial charge in [-0.1, -0.05) is 25.1 Å². The number of amides is 1. The molecule has 0 radical (unpaired) electrons. The number of hydrogen-bond donors (Lipinski definition) is 1. The molecule has 0 aliphatic carbocycles. The van der Waals surface area contributed by atoms with Crippen molar-refractivity contribution in [1.82, 2.24) is 10.2 Å². The number of likely N-dealkylation sites (tertiary alicyclic amines) is 1. The molecule has 4 nitrogen and oxygen atoms in total. The summed E-state index contributed by atoms with van der Waals surface area (Å²) in [6.45, 7) is 5.44. The molecule has 0 spiro atoms. The molecule has 1 aromatic rings. The van der Waals surface area contributed by atoms with Crippen LogP contribution in [0.2, 0.25) is 0 Å². The maximum absolute atomic E-state index is 12.1. The van der Waals surface area contributed by atoms with Gasteiger partial charge in [-0.3, -0.25) is 4.79 Å². The third-order valence-corrected chi connectivity index (χ3v) is 3.86. The molecule has 0 aromatic heterocycles. The molecule has 2 rings (SSSR count). The van der Waals surface area contributed by atoms with E-state index in [1.54, 1.807) is 0 Å². The second kappa shape index (κ2) is 8.67. The van der Waals surface area contributed by atoms with E-state index in [9.17, 15) is 4.79 Å². The molecule has 0 unspecified atom stereocenters. The van der Waals surface area contributed by atoms with Crippen LogP contribution in [0.4, 0.5) is 0 Å². The topological polar surface area (TPSA) is 41.6 Å². The van der Waals surface area contributed by atoms with Gasteiger partial charge < -0.3 is 15.0 Å². The third-order valence-electron chi connectivity index (χ3n) is 3.86. The molecule has 1 aliphatic rings. The van der Waals surface area contributed by atoms with Crippen LogP contribution >= 0.6 is 0 Å². The van der Waals surface area contributed by atoms with E-state index in [4.69, 9.17) is 4.74 Å². The number of carbonyl (C=O) groups is 1. The fourth-order valence-electron chi connectivity index (χ4n) is 2.61. The molecule has 1 N–H and O–H groups in total. The highest BCUT2D eigenvalue weighted by Gasteiger charge is 2.21. The third kappa shape index (κ3) is 5.38. The highest BCUT2D eigenvalue weighted by Crippen LogP contribution is 2.13. The summed E-state index contributed by atoms with van der Waals surface area (Å²) in [6.07, 6.45) is 3.74. The number of ether oxygens (including phenoxy) is 1. The van der Waals surface area contributed by atoms with E-state index in [2.05, 4.69) is 12.2 Å². The van der Waals surface area contributed by atoms with E-state index >= 15 is 0 Å². The fourth-order valence-corrected chi connectivity index (χ4v) is 2.61. The number of nitrogens with zero attached hydrogens (tertiary/aromatic N) is 1. The summed E-state index contributed by atoms with van der Waals surface area (Å²) in [4.78, 5) is 14.1. The Hall–Kier alpha value is -1.55. The van der Waals surface area contributed by atoms with Crippen molar-refractivity contribution in [3.8, 4) is 5.75 Å². The van der Waals surface area contributed by atoms with Crippen LogP contribution in [-0.4, -0.2) is 43.1 Å². The SMILES string of the molecule is CCCNC1CCN(C(=O)CCOc2ccccc2)CC1. The van der Waals surface area contributed by atoms with Gasteiger partial charge in [-0.05, 0) is 37.9 Å². The van der Waals surface area contributed by atoms with Crippen molar-refractivity contribution in [2.75, 3.05) is 26.2 Å². The summed E-state index contributed by atoms with van der Waals surface area (Å²) in [5.74, 6) is 1.03. The van der Waals surface area contributed by atoms with Crippen molar-refractivity contribution in [2.45, 2.75) is 38.6 Å². The molecule has 1 saturated heterocycles. The standard InChI is InChI=1S/C17H26N2O2/c1-2-11-18-15-8-12-19(13-9-15)17(20)10-14-21-16-6-4-3-5-7-16/h3-7,15,18H,2,8-14H2,1H3. The Balaban J connectivity index is 1.63. The first-order valence-corrected chi connectivity index (χ1v) is 7.98. The molecular formula is C17H26N2O2. The molecule has 0 saturated carbocycles. The van der Waals surface area contributed by atoms with Crippen LogP contribution < -0.4 is 10.1 Å². The molecule has 1 aromatic carbocycles. The van der Waals surface area contributed by atoms with Crippen LogP contribution in [0.3, 0.4) is 0 Å². The summed E-state index contributed by atoms with van der Waals surface area (Å²) in [7, 11) is 0. The van der Waals surface area contributed by atoms with Crippen molar-refractivity contribution in [2.24, 2.45) is 0 Å². The number of nitrogens with one attached hydrogen (secondary N) is 1. The predicted octanol–water partition coefficient (Wildman–Crippen LogP) is 2.45. The number of para-hydroxylation sites is 1. The highest BCUT2D eigenvalue weighted by atomic mass is 16.5. The van der Waals surface area contributed by atoms with E-state index in [1.165, 1.54) is 0 Å². The van der Waals surface area contributed by atoms with Crippen molar-refractivity contribution < 1.29 is 9.53 Å². The monoisotopic (exact) mass is 290 g/mol. The van der Waals surface area contributed by atoms with Crippen LogP contribution in [0.5, 0.6) is 5.75 Å². The van der Waals surface area contributed by atoms with Crippen molar-refractivity contribution in [1.29, 1.82) is 0 Å². The van der Waals surface area contributed by atoms with Gasteiger partial charge in [0.2, 0.25) is 5.91 Å². The second-order valence-corrected chi connectivity index (χ2v) is 5.52. The summed E-state index contributed by atoms with van der Waals surface area (Å²) >= 11 is 0. The first-order chi connectivity index (χ1) is 10.3. The van der Waals surface area contributed by atoms with Gasteiger partial charge in [0.1, 0.15) is 5.75 Å². The Morgan fingerprint density at radius 3 is 2.67 bits per heavy atom. The van der Waals surface area contributed by atoms with Gasteiger partial charge in [0, 0.05) is 19.1 Å². The molecule has 1 aliphatic heterocycles. The van der Waals surface area contributed by atoms with Crippen LogP contribution in [0.15, 0.2) is 30.3 Å². The van der Waals surface area contributed by atoms with Gasteiger partial charge in [0.05, 0.1) is 13.0 Å². The molecule has 1 heterocycles. The smallest absolute Gasteiger partial charge is 0.225 e. The Morgan fingerprint density at radius 1 is 1.29 bits per heavy atom. The molecule has 21 heavy (non-hydrogen) atoms. The first-order valence-electron chi connectivity index (χ1n) is 7.98. The first kappa shape index (κ1) is 15.8. The minimum absolute atomic E-state index is 0.208. The zero-order chi connectivity index (χ0) is 14.9. The molecule has 116 valence electrons. The van der Waals surface area contributed by atoms with Crippen LogP contribution in [0, 0.1) is 0 Å². The van der Waals surface area contributed by atoms with Crippen molar-refractivity contribution in [3.63, 3.8) is 0 Å². The van der Waals surface area contributed by atoms with E-state index in [0.717, 1.165) is 44.6 Å². The Bertz CT molecular complexity index is 414. The van der Waals surface area contributed by atoms with Crippen molar-refractivity contribution >= 4 is 5.91 Å². The number of benzene rings is 1. The maximum Gasteiger partial charge on any atom is 0.225 e. The Kier molecular flexibility index (Phi) is 6.54. The Morgan fingerprint density at radius 2 is 2.00 bits per heavy atom. The molecular weight excluding hydrogens is 264 g/mol. The summed E-state index contributed by atoms with van der Waals surface area (Å²) in [5.41, 5.74) is 0. The average molecular weight is 290 g/mol. The second-order valence-electron chi connectivity index (χ2n) is 5.52. The maximum atomic E-state index is 12.1. The van der Waals surface area contributed by atoms with Gasteiger partial charge in [-0.15, -0.1) is 0 Å². The molecule has 1 fully saturated rings. The molecule has 1 amide bonds. The van der Waals surface area contributed by atoms with E-state index in [0.29, 0.717) is 19.1 Å². The van der Waals surface area contributed by atoms with Crippen LogP contribution in [0.25, 0.3) is 0 Å². The zero-order valence-electron chi connectivity index (χ0n) is 12.9. The molecule has 0 bridgehead atoms. The number of hydrogen-bond acceptors (Lipinski definition) is 3. The zero-order valence-corrected chi connectivity index (χ0v) is 12.9. The predicted molar refractivity (Wildman–Crippen MR) is 84.4 cm³/mol. The van der Waals surface area contributed by atoms with Crippen LogP contribution in [0.1, 0.15) is 32.6 Å². The van der Waals surface area contributed by atoms with Gasteiger partial charge >= 0.3 is 0 Å². The molecule has 0 atom stereocenters. The number of piperidine rings is 1. The van der Waals surface area contributed by atoms with Crippen molar-refractivity contribution in [3.05, 3.63) is 30.3 Å². The van der Waals surface area contributed by atoms with Gasteiger partial charge in [0.25, 0.3) is 0 Å². The average Bonchev–Trinajstić information content (AvgIpc) is 2.54. The fraction of sp³-hybridized carbons (Fsp3) is 0.588. The lowest BCUT2D eigenvalue weighted by Crippen LogP contribution is -2.45. The minimum atomic E-state index is 0.208. The number of carbonyl (C=O) groups excluding carboxylic acids is 1. The number of rotatable bonds is 7. The van der Waals surface area contributed by atoms with E-state index in [-0.39, 0.29) is 5.91 Å². The summed E-state index contributed by atoms with van der Waals surface area (Å²) < 4.78 is 5.58. The molecule has 4 heteroatoms. The summed E-state index contributed by atoms with van der Waals surface area (Å²) in [6, 6.07) is 10.2. The van der Waals surface area contributed by atoms with Gasteiger partial charge in [-0.25, -0.2) is 0 Å². The highest BCUT2D eigenvalue weighted by molar-refractivity contribution is 5.76. The van der Waals surface area contributed by atoms with E-state index in [1.807, 2.05) is 35.2 Å². The van der Waals surface area contributed by atoms with E-state index < -0.39 is 0 Å². The van der Waals surface area contributed by atoms with Gasteiger partial charge in [-0.2, -0.15) is 0 Å². The van der Waals surface area contributed by atoms with Gasteiger partial charge in [0.15, 0.2) is 0 Å². The Labute approximate surface area is 127 Å². The lowest BCUT2D eigenvalue weighted by molar-refractivity contribution is -0.132. The largest absolute Gasteiger partial charge is 0.493 e. The summed E-state index contributed by atoms with van der Waals surface area (Å²) in [5, 5.41) is 3.53. The lowest BCUT2D eigenvalue weighted by Gasteiger charge is -2.32. The quantitative estimate of drug-likeness (QED) is 0.838.